The van der Waals surface area contributed by atoms with Gasteiger partial charge in [-0.3, -0.25) is 9.89 Å². The van der Waals surface area contributed by atoms with E-state index in [2.05, 4.69) is 27.6 Å². The van der Waals surface area contributed by atoms with E-state index >= 15 is 0 Å². The van der Waals surface area contributed by atoms with E-state index < -0.39 is 11.7 Å². The first-order chi connectivity index (χ1) is 12.2. The van der Waals surface area contributed by atoms with Crippen molar-refractivity contribution in [2.45, 2.75) is 26.2 Å². The summed E-state index contributed by atoms with van der Waals surface area (Å²) in [4.78, 5) is 12.4. The first-order valence-electron chi connectivity index (χ1n) is 8.35. The molecule has 5 heteroatoms. The van der Waals surface area contributed by atoms with Crippen LogP contribution in [0.4, 0.5) is 10.1 Å². The molecule has 128 valence electrons. The number of aromatic nitrogens is 2. The minimum absolute atomic E-state index is 0.0276. The van der Waals surface area contributed by atoms with Gasteiger partial charge in [-0.2, -0.15) is 5.10 Å². The number of benzene rings is 2. The fraction of sp³-hybridized carbons (Fsp3) is 0.200. The molecule has 0 unspecified atom stereocenters. The summed E-state index contributed by atoms with van der Waals surface area (Å²) in [6.45, 7) is 1.97. The van der Waals surface area contributed by atoms with Gasteiger partial charge in [-0.25, -0.2) is 4.39 Å². The van der Waals surface area contributed by atoms with Crippen LogP contribution in [0.25, 0.3) is 0 Å². The highest BCUT2D eigenvalue weighted by atomic mass is 19.1. The van der Waals surface area contributed by atoms with E-state index in [0.717, 1.165) is 17.8 Å². The summed E-state index contributed by atoms with van der Waals surface area (Å²) in [5.74, 6) is -0.998. The molecule has 0 radical (unpaired) electrons. The third-order valence-electron chi connectivity index (χ3n) is 4.11. The molecule has 3 rings (SSSR count). The average molecular weight is 337 g/mol. The molecule has 25 heavy (non-hydrogen) atoms. The summed E-state index contributed by atoms with van der Waals surface area (Å²) in [5, 5.41) is 10.1. The zero-order valence-corrected chi connectivity index (χ0v) is 14.1. The van der Waals surface area contributed by atoms with Gasteiger partial charge in [0, 0.05) is 0 Å². The predicted molar refractivity (Wildman–Crippen MR) is 96.2 cm³/mol. The van der Waals surface area contributed by atoms with Crippen molar-refractivity contribution in [2.75, 3.05) is 5.32 Å². The minimum atomic E-state index is -0.535. The molecular weight excluding hydrogens is 317 g/mol. The number of hydrogen-bond donors (Lipinski definition) is 2. The number of anilines is 1. The molecule has 1 heterocycles. The second kappa shape index (κ2) is 7.75. The Bertz CT molecular complexity index is 858. The van der Waals surface area contributed by atoms with Crippen molar-refractivity contribution in [2.24, 2.45) is 0 Å². The Morgan fingerprint density at radius 3 is 2.52 bits per heavy atom. The first kappa shape index (κ1) is 16.9. The number of aryl methyl sites for hydroxylation is 3. The van der Waals surface area contributed by atoms with Crippen LogP contribution in [0.15, 0.2) is 54.6 Å². The molecule has 0 atom stereocenters. The smallest absolute Gasteiger partial charge is 0.258 e. The van der Waals surface area contributed by atoms with Gasteiger partial charge in [-0.1, -0.05) is 49.4 Å². The zero-order chi connectivity index (χ0) is 17.6. The highest BCUT2D eigenvalue weighted by molar-refractivity contribution is 6.05. The van der Waals surface area contributed by atoms with E-state index in [-0.39, 0.29) is 5.56 Å². The van der Waals surface area contributed by atoms with Crippen molar-refractivity contribution < 1.29 is 9.18 Å². The lowest BCUT2D eigenvalue weighted by molar-refractivity contribution is 0.102. The van der Waals surface area contributed by atoms with E-state index in [9.17, 15) is 9.18 Å². The van der Waals surface area contributed by atoms with E-state index in [1.165, 1.54) is 17.7 Å². The summed E-state index contributed by atoms with van der Waals surface area (Å²) in [6, 6.07) is 16.1. The van der Waals surface area contributed by atoms with Gasteiger partial charge in [0.25, 0.3) is 5.91 Å². The van der Waals surface area contributed by atoms with Crippen LogP contribution >= 0.6 is 0 Å². The van der Waals surface area contributed by atoms with Gasteiger partial charge in [0.2, 0.25) is 0 Å². The Morgan fingerprint density at radius 1 is 1.08 bits per heavy atom. The lowest BCUT2D eigenvalue weighted by Crippen LogP contribution is -2.15. The third kappa shape index (κ3) is 3.94. The Balaban J connectivity index is 1.79. The number of nitrogens with one attached hydrogen (secondary N) is 2. The number of carbonyl (C=O) groups excluding carboxylic acids is 1. The van der Waals surface area contributed by atoms with E-state index in [0.29, 0.717) is 18.5 Å². The van der Waals surface area contributed by atoms with Crippen molar-refractivity contribution in [1.29, 1.82) is 0 Å². The van der Waals surface area contributed by atoms with Gasteiger partial charge in [-0.05, 0) is 37.0 Å². The number of H-pyrrole nitrogens is 1. The monoisotopic (exact) mass is 337 g/mol. The first-order valence-corrected chi connectivity index (χ1v) is 8.35. The highest BCUT2D eigenvalue weighted by Crippen LogP contribution is 2.22. The maximum Gasteiger partial charge on any atom is 0.258 e. The van der Waals surface area contributed by atoms with Crippen LogP contribution < -0.4 is 5.32 Å². The predicted octanol–water partition coefficient (Wildman–Crippen LogP) is 4.15. The lowest BCUT2D eigenvalue weighted by Gasteiger charge is -2.09. The van der Waals surface area contributed by atoms with E-state index in [4.69, 9.17) is 0 Å². The normalized spacial score (nSPS) is 10.6. The average Bonchev–Trinajstić information content (AvgIpc) is 3.02. The second-order valence-corrected chi connectivity index (χ2v) is 5.80. The molecule has 1 amide bonds. The summed E-state index contributed by atoms with van der Waals surface area (Å²) < 4.78 is 13.8. The number of halogens is 1. The molecule has 3 aromatic rings. The maximum atomic E-state index is 13.8. The molecule has 0 fully saturated rings. The number of aromatic amines is 1. The van der Waals surface area contributed by atoms with Crippen LogP contribution in [0.2, 0.25) is 0 Å². The van der Waals surface area contributed by atoms with Gasteiger partial charge in [-0.15, -0.1) is 0 Å². The summed E-state index contributed by atoms with van der Waals surface area (Å²) in [5.41, 5.74) is 3.52. The number of nitrogens with zero attached hydrogens (tertiary/aromatic N) is 1. The molecular formula is C20H20FN3O. The molecule has 0 spiro atoms. The van der Waals surface area contributed by atoms with Gasteiger partial charge in [0.15, 0.2) is 0 Å². The second-order valence-electron chi connectivity index (χ2n) is 5.80. The summed E-state index contributed by atoms with van der Waals surface area (Å²) in [7, 11) is 0. The van der Waals surface area contributed by atoms with Crippen LogP contribution in [-0.4, -0.2) is 16.1 Å². The number of carbonyl (C=O) groups is 1. The molecule has 0 bridgehead atoms. The topological polar surface area (TPSA) is 57.8 Å². The maximum absolute atomic E-state index is 13.8. The number of amides is 1. The van der Waals surface area contributed by atoms with Crippen molar-refractivity contribution in [3.63, 3.8) is 0 Å². The molecule has 0 saturated heterocycles. The Labute approximate surface area is 146 Å². The summed E-state index contributed by atoms with van der Waals surface area (Å²) >= 11 is 0. The number of rotatable bonds is 6. The lowest BCUT2D eigenvalue weighted by atomic mass is 10.1. The Kier molecular flexibility index (Phi) is 5.23. The van der Waals surface area contributed by atoms with Crippen molar-refractivity contribution in [1.82, 2.24) is 10.2 Å². The van der Waals surface area contributed by atoms with Gasteiger partial charge in [0.1, 0.15) is 5.82 Å². The zero-order valence-electron chi connectivity index (χ0n) is 14.1. The van der Waals surface area contributed by atoms with E-state index in [1.807, 2.05) is 25.1 Å². The SMILES string of the molecule is CCc1n[nH]c(CCc2ccccc2)c1NC(=O)c1ccccc1F. The van der Waals surface area contributed by atoms with Crippen LogP contribution in [0, 0.1) is 5.82 Å². The Hall–Kier alpha value is -2.95. The summed E-state index contributed by atoms with van der Waals surface area (Å²) in [6.07, 6.45) is 2.22. The van der Waals surface area contributed by atoms with Crippen LogP contribution in [0.5, 0.6) is 0 Å². The third-order valence-corrected chi connectivity index (χ3v) is 4.11. The van der Waals surface area contributed by atoms with Crippen LogP contribution in [0.1, 0.15) is 34.2 Å². The highest BCUT2D eigenvalue weighted by Gasteiger charge is 2.17. The van der Waals surface area contributed by atoms with Crippen molar-refractivity contribution in [3.8, 4) is 0 Å². The van der Waals surface area contributed by atoms with Crippen LogP contribution in [0.3, 0.4) is 0 Å². The Morgan fingerprint density at radius 2 is 1.80 bits per heavy atom. The molecule has 4 nitrogen and oxygen atoms in total. The molecule has 2 N–H and O–H groups in total. The van der Waals surface area contributed by atoms with E-state index in [1.54, 1.807) is 12.1 Å². The quantitative estimate of drug-likeness (QED) is 0.710. The molecule has 0 aliphatic heterocycles. The van der Waals surface area contributed by atoms with Gasteiger partial charge >= 0.3 is 0 Å². The fourth-order valence-corrected chi connectivity index (χ4v) is 2.75. The largest absolute Gasteiger partial charge is 0.319 e. The van der Waals surface area contributed by atoms with Gasteiger partial charge < -0.3 is 5.32 Å². The molecule has 2 aromatic carbocycles. The van der Waals surface area contributed by atoms with Crippen LogP contribution in [-0.2, 0) is 19.3 Å². The molecule has 1 aromatic heterocycles. The molecule has 0 aliphatic carbocycles. The fourth-order valence-electron chi connectivity index (χ4n) is 2.75. The molecule has 0 aliphatic rings. The standard InChI is InChI=1S/C20H20FN3O/c1-2-17-19(22-20(25)15-10-6-7-11-16(15)21)18(24-23-17)13-12-14-8-4-3-5-9-14/h3-11H,2,12-13H2,1H3,(H,22,25)(H,23,24). The van der Waals surface area contributed by atoms with Crippen molar-refractivity contribution in [3.05, 3.63) is 82.9 Å². The minimum Gasteiger partial charge on any atom is -0.319 e. The van der Waals surface area contributed by atoms with Crippen molar-refractivity contribution >= 4 is 11.6 Å². The van der Waals surface area contributed by atoms with Gasteiger partial charge in [0.05, 0.1) is 22.6 Å². The number of hydrogen-bond acceptors (Lipinski definition) is 2. The molecule has 0 saturated carbocycles.